The van der Waals surface area contributed by atoms with Gasteiger partial charge < -0.3 is 15.1 Å². The van der Waals surface area contributed by atoms with Gasteiger partial charge in [-0.2, -0.15) is 0 Å². The minimum Gasteiger partial charge on any atom is -0.363 e. The summed E-state index contributed by atoms with van der Waals surface area (Å²) in [5.74, 6) is 0.764. The number of anilines is 3. The fourth-order valence-electron chi connectivity index (χ4n) is 2.64. The van der Waals surface area contributed by atoms with Gasteiger partial charge >= 0.3 is 0 Å². The smallest absolute Gasteiger partial charge is 0.255 e. The Bertz CT molecular complexity index is 739. The molecular formula is C18H20N4O2. The fraction of sp³-hybridized carbons (Fsp3) is 0.278. The monoisotopic (exact) mass is 324 g/mol. The summed E-state index contributed by atoms with van der Waals surface area (Å²) >= 11 is 0. The van der Waals surface area contributed by atoms with Gasteiger partial charge in [-0.05, 0) is 42.8 Å². The van der Waals surface area contributed by atoms with Crippen LogP contribution < -0.4 is 15.1 Å². The SMILES string of the molecule is CN(C)c1ccc(NC(=O)c2ccc(N3CCCC3=O)cc2)cn1. The third-order valence-corrected chi connectivity index (χ3v) is 3.98. The quantitative estimate of drug-likeness (QED) is 0.938. The Balaban J connectivity index is 1.67. The Labute approximate surface area is 141 Å². The predicted octanol–water partition coefficient (Wildman–Crippen LogP) is 2.53. The van der Waals surface area contributed by atoms with E-state index in [2.05, 4.69) is 10.3 Å². The van der Waals surface area contributed by atoms with Gasteiger partial charge in [0.05, 0.1) is 11.9 Å². The maximum atomic E-state index is 12.3. The summed E-state index contributed by atoms with van der Waals surface area (Å²) in [5.41, 5.74) is 2.03. The van der Waals surface area contributed by atoms with Crippen LogP contribution in [0.4, 0.5) is 17.2 Å². The average molecular weight is 324 g/mol. The molecule has 124 valence electrons. The van der Waals surface area contributed by atoms with Crippen molar-refractivity contribution in [1.82, 2.24) is 4.98 Å². The number of hydrogen-bond acceptors (Lipinski definition) is 4. The van der Waals surface area contributed by atoms with E-state index in [1.165, 1.54) is 0 Å². The first-order valence-corrected chi connectivity index (χ1v) is 7.90. The van der Waals surface area contributed by atoms with Crippen molar-refractivity contribution in [3.63, 3.8) is 0 Å². The molecule has 0 saturated carbocycles. The molecule has 0 spiro atoms. The fourth-order valence-corrected chi connectivity index (χ4v) is 2.64. The normalized spacial score (nSPS) is 13.9. The van der Waals surface area contributed by atoms with Gasteiger partial charge in [0.2, 0.25) is 5.91 Å². The molecular weight excluding hydrogens is 304 g/mol. The van der Waals surface area contributed by atoms with Gasteiger partial charge in [-0.3, -0.25) is 9.59 Å². The number of nitrogens with one attached hydrogen (secondary N) is 1. The molecule has 0 unspecified atom stereocenters. The number of carbonyl (C=O) groups is 2. The molecule has 1 aliphatic heterocycles. The van der Waals surface area contributed by atoms with E-state index in [0.29, 0.717) is 17.7 Å². The van der Waals surface area contributed by atoms with Gasteiger partial charge in [-0.15, -0.1) is 0 Å². The van der Waals surface area contributed by atoms with Crippen LogP contribution in [0, 0.1) is 0 Å². The van der Waals surface area contributed by atoms with Crippen LogP contribution in [-0.4, -0.2) is 37.4 Å². The van der Waals surface area contributed by atoms with Crippen LogP contribution in [0.1, 0.15) is 23.2 Å². The van der Waals surface area contributed by atoms with Gasteiger partial charge in [0.25, 0.3) is 5.91 Å². The van der Waals surface area contributed by atoms with Gasteiger partial charge in [-0.25, -0.2) is 4.98 Å². The van der Waals surface area contributed by atoms with Crippen molar-refractivity contribution in [3.05, 3.63) is 48.2 Å². The second kappa shape index (κ2) is 6.70. The molecule has 1 aromatic carbocycles. The summed E-state index contributed by atoms with van der Waals surface area (Å²) < 4.78 is 0. The highest BCUT2D eigenvalue weighted by atomic mass is 16.2. The van der Waals surface area contributed by atoms with Crippen molar-refractivity contribution in [3.8, 4) is 0 Å². The zero-order valence-electron chi connectivity index (χ0n) is 13.8. The van der Waals surface area contributed by atoms with Crippen molar-refractivity contribution in [1.29, 1.82) is 0 Å². The van der Waals surface area contributed by atoms with Crippen molar-refractivity contribution < 1.29 is 9.59 Å². The maximum absolute atomic E-state index is 12.3. The molecule has 0 radical (unpaired) electrons. The highest BCUT2D eigenvalue weighted by Gasteiger charge is 2.21. The summed E-state index contributed by atoms with van der Waals surface area (Å²) in [4.78, 5) is 32.0. The van der Waals surface area contributed by atoms with E-state index in [4.69, 9.17) is 0 Å². The Morgan fingerprint density at radius 1 is 1.17 bits per heavy atom. The zero-order chi connectivity index (χ0) is 17.1. The van der Waals surface area contributed by atoms with E-state index in [-0.39, 0.29) is 11.8 Å². The molecule has 6 heteroatoms. The molecule has 2 heterocycles. The number of pyridine rings is 1. The van der Waals surface area contributed by atoms with Crippen LogP contribution >= 0.6 is 0 Å². The Hall–Kier alpha value is -2.89. The summed E-state index contributed by atoms with van der Waals surface area (Å²) in [6.07, 6.45) is 3.11. The lowest BCUT2D eigenvalue weighted by molar-refractivity contribution is -0.117. The zero-order valence-corrected chi connectivity index (χ0v) is 13.8. The van der Waals surface area contributed by atoms with Crippen LogP contribution in [0.2, 0.25) is 0 Å². The number of aromatic nitrogens is 1. The molecule has 0 aliphatic carbocycles. The van der Waals surface area contributed by atoms with E-state index in [1.54, 1.807) is 23.2 Å². The van der Waals surface area contributed by atoms with Crippen molar-refractivity contribution in [2.45, 2.75) is 12.8 Å². The van der Waals surface area contributed by atoms with E-state index < -0.39 is 0 Å². The van der Waals surface area contributed by atoms with E-state index in [9.17, 15) is 9.59 Å². The van der Waals surface area contributed by atoms with E-state index >= 15 is 0 Å². The topological polar surface area (TPSA) is 65.5 Å². The largest absolute Gasteiger partial charge is 0.363 e. The Morgan fingerprint density at radius 3 is 2.46 bits per heavy atom. The highest BCUT2D eigenvalue weighted by molar-refractivity contribution is 6.04. The summed E-state index contributed by atoms with van der Waals surface area (Å²) in [6, 6.07) is 10.8. The summed E-state index contributed by atoms with van der Waals surface area (Å²) in [6.45, 7) is 0.744. The van der Waals surface area contributed by atoms with Crippen molar-refractivity contribution in [2.24, 2.45) is 0 Å². The Morgan fingerprint density at radius 2 is 1.92 bits per heavy atom. The number of hydrogen-bond donors (Lipinski definition) is 1. The number of carbonyl (C=O) groups excluding carboxylic acids is 2. The summed E-state index contributed by atoms with van der Waals surface area (Å²) in [7, 11) is 3.82. The molecule has 3 rings (SSSR count). The number of amides is 2. The Kier molecular flexibility index (Phi) is 4.46. The first kappa shape index (κ1) is 16.0. The third kappa shape index (κ3) is 3.37. The van der Waals surface area contributed by atoms with Crippen LogP contribution in [0.15, 0.2) is 42.6 Å². The molecule has 1 saturated heterocycles. The number of nitrogens with zero attached hydrogens (tertiary/aromatic N) is 3. The first-order chi connectivity index (χ1) is 11.5. The minimum atomic E-state index is -0.200. The molecule has 1 fully saturated rings. The van der Waals surface area contributed by atoms with Crippen LogP contribution in [0.5, 0.6) is 0 Å². The van der Waals surface area contributed by atoms with Gasteiger partial charge in [-0.1, -0.05) is 0 Å². The predicted molar refractivity (Wildman–Crippen MR) is 94.5 cm³/mol. The lowest BCUT2D eigenvalue weighted by Gasteiger charge is -2.16. The molecule has 0 bridgehead atoms. The molecule has 24 heavy (non-hydrogen) atoms. The van der Waals surface area contributed by atoms with Crippen molar-refractivity contribution in [2.75, 3.05) is 35.8 Å². The van der Waals surface area contributed by atoms with E-state index in [0.717, 1.165) is 24.5 Å². The van der Waals surface area contributed by atoms with Crippen LogP contribution in [0.3, 0.4) is 0 Å². The van der Waals surface area contributed by atoms with Gasteiger partial charge in [0.15, 0.2) is 0 Å². The average Bonchev–Trinajstić information content (AvgIpc) is 3.01. The van der Waals surface area contributed by atoms with E-state index in [1.807, 2.05) is 43.3 Å². The van der Waals surface area contributed by atoms with Gasteiger partial charge in [0.1, 0.15) is 5.82 Å². The molecule has 6 nitrogen and oxygen atoms in total. The lowest BCUT2D eigenvalue weighted by atomic mass is 10.2. The molecule has 0 atom stereocenters. The third-order valence-electron chi connectivity index (χ3n) is 3.98. The highest BCUT2D eigenvalue weighted by Crippen LogP contribution is 2.22. The van der Waals surface area contributed by atoms with Crippen molar-refractivity contribution >= 4 is 29.0 Å². The molecule has 2 amide bonds. The minimum absolute atomic E-state index is 0.138. The second-order valence-corrected chi connectivity index (χ2v) is 5.95. The number of benzene rings is 1. The van der Waals surface area contributed by atoms with Crippen LogP contribution in [0.25, 0.3) is 0 Å². The molecule has 1 aliphatic rings. The molecule has 1 aromatic heterocycles. The standard InChI is InChI=1S/C18H20N4O2/c1-21(2)16-10-7-14(12-19-16)20-18(24)13-5-8-15(9-6-13)22-11-3-4-17(22)23/h5-10,12H,3-4,11H2,1-2H3,(H,20,24). The van der Waals surface area contributed by atoms with Crippen LogP contribution in [-0.2, 0) is 4.79 Å². The summed E-state index contributed by atoms with van der Waals surface area (Å²) in [5, 5.41) is 2.82. The molecule has 1 N–H and O–H groups in total. The lowest BCUT2D eigenvalue weighted by Crippen LogP contribution is -2.23. The first-order valence-electron chi connectivity index (χ1n) is 7.90. The molecule has 2 aromatic rings. The maximum Gasteiger partial charge on any atom is 0.255 e. The second-order valence-electron chi connectivity index (χ2n) is 5.95. The van der Waals surface area contributed by atoms with Gasteiger partial charge in [0, 0.05) is 38.3 Å². The number of rotatable bonds is 4.